The Hall–Kier alpha value is -0.830. The Bertz CT molecular complexity index is 401. The van der Waals surface area contributed by atoms with Gasteiger partial charge in [-0.25, -0.2) is 0 Å². The van der Waals surface area contributed by atoms with Crippen LogP contribution in [0.25, 0.3) is 0 Å². The van der Waals surface area contributed by atoms with E-state index in [2.05, 4.69) is 30.2 Å². The van der Waals surface area contributed by atoms with Crippen molar-refractivity contribution in [2.24, 2.45) is 5.92 Å². The van der Waals surface area contributed by atoms with Crippen molar-refractivity contribution in [1.29, 1.82) is 0 Å². The average Bonchev–Trinajstić information content (AvgIpc) is 2.68. The first-order valence-corrected chi connectivity index (χ1v) is 12.2. The zero-order valence-electron chi connectivity index (χ0n) is 19.3. The number of nitrogens with zero attached hydrogens (tertiary/aromatic N) is 2. The van der Waals surface area contributed by atoms with E-state index in [0.29, 0.717) is 6.04 Å². The minimum atomic E-state index is 0.262. The van der Waals surface area contributed by atoms with Crippen LogP contribution in [0, 0.1) is 5.92 Å². The van der Waals surface area contributed by atoms with Crippen LogP contribution in [0.3, 0.4) is 0 Å². The van der Waals surface area contributed by atoms with E-state index in [1.165, 1.54) is 64.2 Å². The maximum absolute atomic E-state index is 12.2. The number of unbranched alkanes of at least 4 members (excludes halogenated alkanes) is 7. The third-order valence-corrected chi connectivity index (χ3v) is 6.44. The molecule has 1 saturated heterocycles. The normalized spacial score (nSPS) is 16.8. The lowest BCUT2D eigenvalue weighted by Gasteiger charge is -2.38. The summed E-state index contributed by atoms with van der Waals surface area (Å²) < 4.78 is 0. The third-order valence-electron chi connectivity index (χ3n) is 6.44. The molecule has 1 aliphatic rings. The van der Waals surface area contributed by atoms with Crippen molar-refractivity contribution in [3.05, 3.63) is 12.7 Å². The molecular weight excluding hydrogens is 344 g/mol. The van der Waals surface area contributed by atoms with E-state index in [1.807, 2.05) is 6.08 Å². The molecule has 0 aromatic carbocycles. The minimum Gasteiger partial charge on any atom is -0.340 e. The number of rotatable bonds is 16. The molecule has 1 atom stereocenters. The second kappa shape index (κ2) is 16.0. The Labute approximate surface area is 175 Å². The first kappa shape index (κ1) is 25.2. The molecule has 1 heterocycles. The fraction of sp³-hybridized carbons (Fsp3) is 0.880. The second-order valence-corrected chi connectivity index (χ2v) is 9.04. The third kappa shape index (κ3) is 11.2. The number of amides is 1. The number of hydrogen-bond acceptors (Lipinski definition) is 2. The number of carbonyl (C=O) groups excluding carboxylic acids is 1. The van der Waals surface area contributed by atoms with Gasteiger partial charge in [-0.3, -0.25) is 9.69 Å². The standard InChI is InChI=1S/C25H48N2O/c1-5-7-8-9-10-11-12-13-15-23(3)16-14-20-27(24(4)28)25-17-21-26(19-6-2)22-18-25/h6,23,25H,2,5,7-22H2,1,3-4H3. The van der Waals surface area contributed by atoms with Crippen LogP contribution in [0.15, 0.2) is 12.7 Å². The molecule has 1 amide bonds. The average molecular weight is 393 g/mol. The van der Waals surface area contributed by atoms with Crippen molar-refractivity contribution in [1.82, 2.24) is 9.80 Å². The van der Waals surface area contributed by atoms with E-state index in [9.17, 15) is 4.79 Å². The predicted octanol–water partition coefficient (Wildman–Crippen LogP) is 6.43. The highest BCUT2D eigenvalue weighted by molar-refractivity contribution is 5.73. The highest BCUT2D eigenvalue weighted by Crippen LogP contribution is 2.20. The lowest BCUT2D eigenvalue weighted by Crippen LogP contribution is -2.47. The molecule has 3 heteroatoms. The Morgan fingerprint density at radius 2 is 1.61 bits per heavy atom. The second-order valence-electron chi connectivity index (χ2n) is 9.04. The van der Waals surface area contributed by atoms with Gasteiger partial charge in [0.1, 0.15) is 0 Å². The van der Waals surface area contributed by atoms with Crippen molar-refractivity contribution in [2.45, 2.75) is 110 Å². The first-order chi connectivity index (χ1) is 13.6. The molecule has 3 nitrogen and oxygen atoms in total. The summed E-state index contributed by atoms with van der Waals surface area (Å²) in [6.45, 7) is 14.4. The summed E-state index contributed by atoms with van der Waals surface area (Å²) >= 11 is 0. The van der Waals surface area contributed by atoms with Crippen molar-refractivity contribution in [3.63, 3.8) is 0 Å². The summed E-state index contributed by atoms with van der Waals surface area (Å²) in [7, 11) is 0. The number of hydrogen-bond donors (Lipinski definition) is 0. The van der Waals surface area contributed by atoms with Crippen molar-refractivity contribution in [3.8, 4) is 0 Å². The maximum Gasteiger partial charge on any atom is 0.219 e. The van der Waals surface area contributed by atoms with Gasteiger partial charge in [0.2, 0.25) is 5.91 Å². The van der Waals surface area contributed by atoms with Crippen LogP contribution in [-0.2, 0) is 4.79 Å². The summed E-state index contributed by atoms with van der Waals surface area (Å²) in [6.07, 6.45) is 19.2. The zero-order chi connectivity index (χ0) is 20.6. The van der Waals surface area contributed by atoms with Crippen LogP contribution >= 0.6 is 0 Å². The van der Waals surface area contributed by atoms with Gasteiger partial charge in [0.25, 0.3) is 0 Å². The smallest absolute Gasteiger partial charge is 0.219 e. The van der Waals surface area contributed by atoms with Crippen LogP contribution in [0.1, 0.15) is 104 Å². The largest absolute Gasteiger partial charge is 0.340 e. The van der Waals surface area contributed by atoms with E-state index in [0.717, 1.165) is 51.4 Å². The van der Waals surface area contributed by atoms with E-state index in [-0.39, 0.29) is 5.91 Å². The Kier molecular flexibility index (Phi) is 14.4. The lowest BCUT2D eigenvalue weighted by atomic mass is 9.96. The molecule has 0 spiro atoms. The molecule has 0 aliphatic carbocycles. The van der Waals surface area contributed by atoms with Gasteiger partial charge < -0.3 is 4.90 Å². The molecule has 0 saturated carbocycles. The van der Waals surface area contributed by atoms with Crippen molar-refractivity contribution >= 4 is 5.91 Å². The van der Waals surface area contributed by atoms with Crippen LogP contribution < -0.4 is 0 Å². The van der Waals surface area contributed by atoms with E-state index in [1.54, 1.807) is 6.92 Å². The van der Waals surface area contributed by atoms with Gasteiger partial charge in [-0.15, -0.1) is 6.58 Å². The van der Waals surface area contributed by atoms with Gasteiger partial charge in [-0.1, -0.05) is 77.7 Å². The molecule has 1 aliphatic heterocycles. The minimum absolute atomic E-state index is 0.262. The Balaban J connectivity index is 2.12. The molecule has 0 radical (unpaired) electrons. The van der Waals surface area contributed by atoms with Gasteiger partial charge in [-0.2, -0.15) is 0 Å². The molecule has 28 heavy (non-hydrogen) atoms. The van der Waals surface area contributed by atoms with Crippen LogP contribution in [0.4, 0.5) is 0 Å². The summed E-state index contributed by atoms with van der Waals surface area (Å²) in [5.74, 6) is 1.06. The molecule has 1 rings (SSSR count). The summed E-state index contributed by atoms with van der Waals surface area (Å²) in [6, 6.07) is 0.446. The number of piperidine rings is 1. The highest BCUT2D eigenvalue weighted by Gasteiger charge is 2.25. The molecular formula is C25H48N2O. The van der Waals surface area contributed by atoms with Gasteiger partial charge in [0, 0.05) is 39.1 Å². The molecule has 1 fully saturated rings. The van der Waals surface area contributed by atoms with E-state index in [4.69, 9.17) is 0 Å². The monoisotopic (exact) mass is 392 g/mol. The van der Waals surface area contributed by atoms with Crippen LogP contribution in [-0.4, -0.2) is 47.9 Å². The van der Waals surface area contributed by atoms with Gasteiger partial charge in [0.15, 0.2) is 0 Å². The summed E-state index contributed by atoms with van der Waals surface area (Å²) in [5.41, 5.74) is 0. The fourth-order valence-corrected chi connectivity index (χ4v) is 4.57. The van der Waals surface area contributed by atoms with Crippen LogP contribution in [0.2, 0.25) is 0 Å². The van der Waals surface area contributed by atoms with Crippen LogP contribution in [0.5, 0.6) is 0 Å². The number of likely N-dealkylation sites (tertiary alicyclic amines) is 1. The quantitative estimate of drug-likeness (QED) is 0.223. The van der Waals surface area contributed by atoms with E-state index < -0.39 is 0 Å². The summed E-state index contributed by atoms with van der Waals surface area (Å²) in [5, 5.41) is 0. The molecule has 164 valence electrons. The van der Waals surface area contributed by atoms with Gasteiger partial charge in [-0.05, 0) is 31.6 Å². The Morgan fingerprint density at radius 3 is 2.18 bits per heavy atom. The summed E-state index contributed by atoms with van der Waals surface area (Å²) in [4.78, 5) is 16.8. The SMILES string of the molecule is C=CCN1CCC(N(CCCC(C)CCCCCCCCCC)C(C)=O)CC1. The molecule has 0 aromatic rings. The van der Waals surface area contributed by atoms with Gasteiger partial charge >= 0.3 is 0 Å². The molecule has 0 N–H and O–H groups in total. The Morgan fingerprint density at radius 1 is 1.04 bits per heavy atom. The maximum atomic E-state index is 12.2. The number of carbonyl (C=O) groups is 1. The zero-order valence-corrected chi connectivity index (χ0v) is 19.3. The van der Waals surface area contributed by atoms with Crippen molar-refractivity contribution < 1.29 is 4.79 Å². The van der Waals surface area contributed by atoms with E-state index >= 15 is 0 Å². The molecule has 0 bridgehead atoms. The molecule has 0 aromatic heterocycles. The predicted molar refractivity (Wildman–Crippen MR) is 123 cm³/mol. The first-order valence-electron chi connectivity index (χ1n) is 12.2. The van der Waals surface area contributed by atoms with Crippen molar-refractivity contribution in [2.75, 3.05) is 26.2 Å². The molecule has 1 unspecified atom stereocenters. The highest BCUT2D eigenvalue weighted by atomic mass is 16.2. The fourth-order valence-electron chi connectivity index (χ4n) is 4.57. The topological polar surface area (TPSA) is 23.6 Å². The lowest BCUT2D eigenvalue weighted by molar-refractivity contribution is -0.132. The van der Waals surface area contributed by atoms with Gasteiger partial charge in [0.05, 0.1) is 0 Å².